The minimum absolute atomic E-state index is 0.671. The van der Waals surface area contributed by atoms with Crippen molar-refractivity contribution in [3.8, 4) is 6.07 Å². The van der Waals surface area contributed by atoms with Gasteiger partial charge in [-0.25, -0.2) is 9.97 Å². The molecule has 2 aromatic rings. The zero-order valence-electron chi connectivity index (χ0n) is 10.5. The van der Waals surface area contributed by atoms with E-state index in [0.717, 1.165) is 23.6 Å². The molecule has 0 saturated heterocycles. The number of rotatable bonds is 4. The van der Waals surface area contributed by atoms with Crippen LogP contribution < -0.4 is 5.32 Å². The molecule has 0 bridgehead atoms. The lowest BCUT2D eigenvalue weighted by molar-refractivity contribution is 0.674. The molecule has 0 amide bonds. The van der Waals surface area contributed by atoms with Crippen LogP contribution in [0, 0.1) is 18.3 Å². The van der Waals surface area contributed by atoms with Crippen LogP contribution in [0.25, 0.3) is 0 Å². The van der Waals surface area contributed by atoms with Gasteiger partial charge in [0.15, 0.2) is 0 Å². The zero-order valence-corrected chi connectivity index (χ0v) is 10.5. The molecule has 2 heterocycles. The molecule has 0 aromatic carbocycles. The summed E-state index contributed by atoms with van der Waals surface area (Å²) in [5.74, 6) is 0.778. The zero-order chi connectivity index (χ0) is 13.0. The first-order valence-electron chi connectivity index (χ1n) is 5.73. The van der Waals surface area contributed by atoms with Gasteiger partial charge in [0.05, 0.1) is 5.69 Å². The van der Waals surface area contributed by atoms with Gasteiger partial charge in [-0.1, -0.05) is 0 Å². The third kappa shape index (κ3) is 2.93. The highest BCUT2D eigenvalue weighted by Gasteiger charge is 2.02. The Balaban J connectivity index is 1.90. The van der Waals surface area contributed by atoms with Crippen LogP contribution in [0.15, 0.2) is 24.5 Å². The minimum Gasteiger partial charge on any atom is -0.342 e. The summed E-state index contributed by atoms with van der Waals surface area (Å²) >= 11 is 0. The van der Waals surface area contributed by atoms with Crippen LogP contribution in [-0.4, -0.2) is 14.5 Å². The molecule has 18 heavy (non-hydrogen) atoms. The van der Waals surface area contributed by atoms with E-state index in [1.165, 1.54) is 0 Å². The lowest BCUT2D eigenvalue weighted by Crippen LogP contribution is -2.13. The maximum atomic E-state index is 8.86. The molecule has 0 aliphatic rings. The van der Waals surface area contributed by atoms with Crippen molar-refractivity contribution in [2.75, 3.05) is 0 Å². The van der Waals surface area contributed by atoms with Crippen molar-refractivity contribution in [1.29, 1.82) is 5.26 Å². The van der Waals surface area contributed by atoms with Crippen molar-refractivity contribution >= 4 is 0 Å². The van der Waals surface area contributed by atoms with E-state index in [9.17, 15) is 0 Å². The first kappa shape index (κ1) is 12.3. The maximum absolute atomic E-state index is 8.86. The van der Waals surface area contributed by atoms with Gasteiger partial charge in [0.1, 0.15) is 17.6 Å². The Morgan fingerprint density at radius 2 is 2.28 bits per heavy atom. The summed E-state index contributed by atoms with van der Waals surface area (Å²) in [6, 6.07) is 5.93. The summed E-state index contributed by atoms with van der Waals surface area (Å²) in [7, 11) is 1.87. The Kier molecular flexibility index (Phi) is 3.70. The van der Waals surface area contributed by atoms with E-state index in [2.05, 4.69) is 21.4 Å². The van der Waals surface area contributed by atoms with Gasteiger partial charge < -0.3 is 9.88 Å². The molecule has 0 saturated carbocycles. The molecule has 92 valence electrons. The number of aromatic nitrogens is 3. The molecule has 5 nitrogen and oxygen atoms in total. The monoisotopic (exact) mass is 241 g/mol. The fourth-order valence-corrected chi connectivity index (χ4v) is 1.78. The Hall–Kier alpha value is -2.19. The Bertz CT molecular complexity index is 579. The van der Waals surface area contributed by atoms with Crippen LogP contribution in [0.3, 0.4) is 0 Å². The standard InChI is InChI=1S/C13H15N5/c1-10-16-4-3-12(17-10)8-15-7-11-5-13(6-14)18(2)9-11/h3-5,9,15H,7-8H2,1-2H3. The number of hydrogen-bond donors (Lipinski definition) is 1. The highest BCUT2D eigenvalue weighted by molar-refractivity contribution is 5.28. The molecule has 2 rings (SSSR count). The average Bonchev–Trinajstić information content (AvgIpc) is 2.70. The molecule has 1 N–H and O–H groups in total. The fourth-order valence-electron chi connectivity index (χ4n) is 1.78. The highest BCUT2D eigenvalue weighted by atomic mass is 15.0. The van der Waals surface area contributed by atoms with Crippen LogP contribution in [-0.2, 0) is 20.1 Å². The third-order valence-electron chi connectivity index (χ3n) is 2.65. The van der Waals surface area contributed by atoms with E-state index in [1.807, 2.05) is 36.9 Å². The summed E-state index contributed by atoms with van der Waals surface area (Å²) in [5.41, 5.74) is 2.74. The number of hydrogen-bond acceptors (Lipinski definition) is 4. The molecule has 0 fully saturated rings. The van der Waals surface area contributed by atoms with Gasteiger partial charge in [0, 0.05) is 32.5 Å². The first-order chi connectivity index (χ1) is 8.69. The largest absolute Gasteiger partial charge is 0.342 e. The summed E-state index contributed by atoms with van der Waals surface area (Å²) in [5, 5.41) is 12.2. The van der Waals surface area contributed by atoms with E-state index in [-0.39, 0.29) is 0 Å². The van der Waals surface area contributed by atoms with Gasteiger partial charge in [-0.3, -0.25) is 0 Å². The quantitative estimate of drug-likeness (QED) is 0.875. The Morgan fingerprint density at radius 1 is 1.44 bits per heavy atom. The van der Waals surface area contributed by atoms with Crippen molar-refractivity contribution in [3.63, 3.8) is 0 Å². The summed E-state index contributed by atoms with van der Waals surface area (Å²) in [4.78, 5) is 8.37. The van der Waals surface area contributed by atoms with Gasteiger partial charge in [0.25, 0.3) is 0 Å². The van der Waals surface area contributed by atoms with Crippen LogP contribution in [0.1, 0.15) is 22.8 Å². The summed E-state index contributed by atoms with van der Waals surface area (Å²) in [6.45, 7) is 3.29. The van der Waals surface area contributed by atoms with Crippen LogP contribution in [0.4, 0.5) is 0 Å². The third-order valence-corrected chi connectivity index (χ3v) is 2.65. The molecule has 0 aliphatic heterocycles. The van der Waals surface area contributed by atoms with Crippen molar-refractivity contribution in [3.05, 3.63) is 47.3 Å². The average molecular weight is 241 g/mol. The lowest BCUT2D eigenvalue weighted by atomic mass is 10.3. The second kappa shape index (κ2) is 5.43. The van der Waals surface area contributed by atoms with Gasteiger partial charge in [-0.2, -0.15) is 5.26 Å². The molecular weight excluding hydrogens is 226 g/mol. The Labute approximate surface area is 106 Å². The lowest BCUT2D eigenvalue weighted by Gasteiger charge is -2.03. The predicted octanol–water partition coefficient (Wildman–Crippen LogP) is 1.28. The normalized spacial score (nSPS) is 10.3. The smallest absolute Gasteiger partial charge is 0.125 e. The molecule has 0 unspecified atom stereocenters. The second-order valence-electron chi connectivity index (χ2n) is 4.16. The number of nitrogens with zero attached hydrogens (tertiary/aromatic N) is 4. The number of nitrogens with one attached hydrogen (secondary N) is 1. The van der Waals surface area contributed by atoms with Crippen LogP contribution >= 0.6 is 0 Å². The second-order valence-corrected chi connectivity index (χ2v) is 4.16. The Morgan fingerprint density at radius 3 is 2.94 bits per heavy atom. The van der Waals surface area contributed by atoms with Crippen LogP contribution in [0.5, 0.6) is 0 Å². The van der Waals surface area contributed by atoms with E-state index in [4.69, 9.17) is 5.26 Å². The van der Waals surface area contributed by atoms with Crippen molar-refractivity contribution in [2.45, 2.75) is 20.0 Å². The highest BCUT2D eigenvalue weighted by Crippen LogP contribution is 2.06. The van der Waals surface area contributed by atoms with E-state index in [0.29, 0.717) is 12.2 Å². The van der Waals surface area contributed by atoms with E-state index >= 15 is 0 Å². The van der Waals surface area contributed by atoms with E-state index in [1.54, 1.807) is 6.20 Å². The minimum atomic E-state index is 0.671. The predicted molar refractivity (Wildman–Crippen MR) is 67.4 cm³/mol. The number of nitriles is 1. The fraction of sp³-hybridized carbons (Fsp3) is 0.308. The van der Waals surface area contributed by atoms with Crippen LogP contribution in [0.2, 0.25) is 0 Å². The molecule has 2 aromatic heterocycles. The molecule has 0 spiro atoms. The topological polar surface area (TPSA) is 66.5 Å². The molecule has 0 atom stereocenters. The molecule has 0 aliphatic carbocycles. The SMILES string of the molecule is Cc1nccc(CNCc2cc(C#N)n(C)c2)n1. The van der Waals surface area contributed by atoms with Crippen molar-refractivity contribution < 1.29 is 0 Å². The summed E-state index contributed by atoms with van der Waals surface area (Å²) in [6.07, 6.45) is 3.71. The number of aryl methyl sites for hydroxylation is 2. The van der Waals surface area contributed by atoms with Crippen molar-refractivity contribution in [1.82, 2.24) is 19.9 Å². The van der Waals surface area contributed by atoms with Gasteiger partial charge in [-0.05, 0) is 24.6 Å². The van der Waals surface area contributed by atoms with Gasteiger partial charge in [-0.15, -0.1) is 0 Å². The van der Waals surface area contributed by atoms with Gasteiger partial charge in [0.2, 0.25) is 0 Å². The maximum Gasteiger partial charge on any atom is 0.125 e. The molecule has 5 heteroatoms. The first-order valence-corrected chi connectivity index (χ1v) is 5.73. The molecule has 0 radical (unpaired) electrons. The summed E-state index contributed by atoms with van der Waals surface area (Å²) < 4.78 is 1.83. The molecular formula is C13H15N5. The van der Waals surface area contributed by atoms with E-state index < -0.39 is 0 Å². The van der Waals surface area contributed by atoms with Crippen molar-refractivity contribution in [2.24, 2.45) is 7.05 Å². The van der Waals surface area contributed by atoms with Gasteiger partial charge >= 0.3 is 0 Å².